The first kappa shape index (κ1) is 31.8. The van der Waals surface area contributed by atoms with Gasteiger partial charge in [0.2, 0.25) is 0 Å². The average molecular weight is 760 g/mol. The molecule has 5 aromatic carbocycles. The van der Waals surface area contributed by atoms with Gasteiger partial charge < -0.3 is 9.15 Å². The summed E-state index contributed by atoms with van der Waals surface area (Å²) in [7, 11) is 0. The van der Waals surface area contributed by atoms with Gasteiger partial charge in [-0.25, -0.2) is 24.9 Å². The monoisotopic (exact) mass is 759 g/mol. The van der Waals surface area contributed by atoms with E-state index in [2.05, 4.69) is 115 Å². The van der Waals surface area contributed by atoms with Crippen LogP contribution >= 0.6 is 22.7 Å². The van der Waals surface area contributed by atoms with Crippen LogP contribution in [-0.4, -0.2) is 24.9 Å². The highest BCUT2D eigenvalue weighted by Crippen LogP contribution is 2.51. The van der Waals surface area contributed by atoms with E-state index < -0.39 is 0 Å². The zero-order valence-electron chi connectivity index (χ0n) is 29.7. The second-order valence-electron chi connectivity index (χ2n) is 14.3. The first-order valence-electron chi connectivity index (χ1n) is 18.7. The molecule has 3 unspecified atom stereocenters. The fourth-order valence-corrected chi connectivity index (χ4v) is 10.2. The molecule has 0 radical (unpaired) electrons. The van der Waals surface area contributed by atoms with Crippen molar-refractivity contribution >= 4 is 65.0 Å². The molecule has 5 heterocycles. The van der Waals surface area contributed by atoms with Crippen LogP contribution in [0.25, 0.3) is 74.9 Å². The molecule has 2 aliphatic carbocycles. The molecule has 56 heavy (non-hydrogen) atoms. The number of rotatable bonds is 5. The standard InChI is InChI=1S/C47H29N5O2S2/c1-2-10-26(11-3-1)43-50-44(29-12-8-16-37-41(29)31-24-27(20-22-35(31)53-37)46-48-33-14-4-6-18-39(33)55-46)52-45(51-43)30-13-9-17-38-42(30)32-25-28(21-23-36(32)54-38)47-49-34-15-5-7-19-40(34)56-47/h1-10,12-26,29,41H,11H2. The molecular weight excluding hydrogens is 731 g/mol. The summed E-state index contributed by atoms with van der Waals surface area (Å²) in [5, 5.41) is 3.94. The van der Waals surface area contributed by atoms with E-state index in [1.165, 1.54) is 4.70 Å². The lowest BCUT2D eigenvalue weighted by Crippen LogP contribution is -2.18. The number of ether oxygens (including phenoxy) is 1. The van der Waals surface area contributed by atoms with E-state index in [0.717, 1.165) is 93.7 Å². The molecule has 3 aliphatic rings. The molecule has 0 amide bonds. The molecule has 1 aliphatic heterocycles. The summed E-state index contributed by atoms with van der Waals surface area (Å²) in [5.74, 6) is 3.56. The van der Waals surface area contributed by atoms with Crippen molar-refractivity contribution in [3.8, 4) is 38.3 Å². The predicted octanol–water partition coefficient (Wildman–Crippen LogP) is 12.3. The van der Waals surface area contributed by atoms with Crippen molar-refractivity contribution < 1.29 is 9.15 Å². The summed E-state index contributed by atoms with van der Waals surface area (Å²) < 4.78 is 15.3. The number of fused-ring (bicyclic) bond motifs is 8. The van der Waals surface area contributed by atoms with Crippen LogP contribution in [0.5, 0.6) is 5.75 Å². The minimum atomic E-state index is -0.184. The lowest BCUT2D eigenvalue weighted by Gasteiger charge is -2.24. The van der Waals surface area contributed by atoms with Gasteiger partial charge in [0.25, 0.3) is 0 Å². The first-order chi connectivity index (χ1) is 27.7. The fraction of sp³-hybridized carbons (Fsp3) is 0.0851. The fourth-order valence-electron chi connectivity index (χ4n) is 8.24. The smallest absolute Gasteiger partial charge is 0.164 e. The van der Waals surface area contributed by atoms with E-state index in [9.17, 15) is 0 Å². The quantitative estimate of drug-likeness (QED) is 0.173. The van der Waals surface area contributed by atoms with Gasteiger partial charge in [-0.3, -0.25) is 0 Å². The number of thiazole rings is 2. The Bertz CT molecular complexity index is 3140. The molecule has 9 aromatic rings. The molecule has 7 nitrogen and oxygen atoms in total. The zero-order chi connectivity index (χ0) is 36.7. The topological polar surface area (TPSA) is 86.8 Å². The molecule has 0 spiro atoms. The van der Waals surface area contributed by atoms with Gasteiger partial charge in [0.15, 0.2) is 5.82 Å². The maximum atomic E-state index is 6.52. The molecule has 12 rings (SSSR count). The molecule has 0 bridgehead atoms. The van der Waals surface area contributed by atoms with Crippen LogP contribution in [0.2, 0.25) is 0 Å². The van der Waals surface area contributed by atoms with Crippen molar-refractivity contribution in [1.82, 2.24) is 24.9 Å². The number of allylic oxidation sites excluding steroid dienone is 8. The number of aromatic nitrogens is 5. The maximum absolute atomic E-state index is 6.52. The number of hydrogen-bond acceptors (Lipinski definition) is 9. The van der Waals surface area contributed by atoms with Crippen LogP contribution in [0.4, 0.5) is 0 Å². The van der Waals surface area contributed by atoms with Gasteiger partial charge in [-0.05, 0) is 79.2 Å². The van der Waals surface area contributed by atoms with E-state index >= 15 is 0 Å². The lowest BCUT2D eigenvalue weighted by molar-refractivity contribution is 0.413. The van der Waals surface area contributed by atoms with Crippen LogP contribution in [0.15, 0.2) is 156 Å². The first-order valence-corrected chi connectivity index (χ1v) is 20.3. The van der Waals surface area contributed by atoms with Gasteiger partial charge >= 0.3 is 0 Å². The van der Waals surface area contributed by atoms with Gasteiger partial charge in [0.05, 0.1) is 32.3 Å². The van der Waals surface area contributed by atoms with Crippen molar-refractivity contribution in [3.05, 3.63) is 169 Å². The molecule has 266 valence electrons. The Morgan fingerprint density at radius 1 is 0.625 bits per heavy atom. The molecule has 3 atom stereocenters. The van der Waals surface area contributed by atoms with Gasteiger partial charge in [0, 0.05) is 38.9 Å². The van der Waals surface area contributed by atoms with Gasteiger partial charge in [-0.1, -0.05) is 72.9 Å². The Morgan fingerprint density at radius 2 is 1.39 bits per heavy atom. The summed E-state index contributed by atoms with van der Waals surface area (Å²) in [5.41, 5.74) is 7.73. The molecule has 0 saturated heterocycles. The van der Waals surface area contributed by atoms with Gasteiger partial charge in [0.1, 0.15) is 44.3 Å². The molecule has 0 fully saturated rings. The van der Waals surface area contributed by atoms with E-state index in [4.69, 9.17) is 34.1 Å². The van der Waals surface area contributed by atoms with E-state index in [-0.39, 0.29) is 17.8 Å². The Hall–Kier alpha value is -6.55. The number of benzene rings is 5. The zero-order valence-corrected chi connectivity index (χ0v) is 31.3. The van der Waals surface area contributed by atoms with E-state index in [0.29, 0.717) is 11.6 Å². The summed E-state index contributed by atoms with van der Waals surface area (Å²) in [6.45, 7) is 0. The van der Waals surface area contributed by atoms with Gasteiger partial charge in [-0.2, -0.15) is 0 Å². The highest BCUT2D eigenvalue weighted by atomic mass is 32.1. The molecule has 9 heteroatoms. The third kappa shape index (κ3) is 5.12. The molecule has 4 aromatic heterocycles. The third-order valence-corrected chi connectivity index (χ3v) is 13.1. The Morgan fingerprint density at radius 3 is 2.18 bits per heavy atom. The van der Waals surface area contributed by atoms with Crippen molar-refractivity contribution in [2.45, 2.75) is 24.2 Å². The van der Waals surface area contributed by atoms with Crippen LogP contribution in [0, 0.1) is 0 Å². The van der Waals surface area contributed by atoms with Crippen molar-refractivity contribution in [1.29, 1.82) is 0 Å². The number of hydrogen-bond donors (Lipinski definition) is 0. The summed E-state index contributed by atoms with van der Waals surface area (Å²) in [6.07, 6.45) is 15.7. The van der Waals surface area contributed by atoms with Crippen LogP contribution < -0.4 is 4.74 Å². The minimum Gasteiger partial charge on any atom is -0.461 e. The van der Waals surface area contributed by atoms with Gasteiger partial charge in [-0.15, -0.1) is 22.7 Å². The Labute approximate surface area is 328 Å². The number of furan rings is 1. The Kier molecular flexibility index (Phi) is 7.09. The number of nitrogens with zero attached hydrogens (tertiary/aromatic N) is 5. The van der Waals surface area contributed by atoms with Crippen LogP contribution in [0.1, 0.15) is 41.4 Å². The predicted molar refractivity (Wildman–Crippen MR) is 225 cm³/mol. The highest BCUT2D eigenvalue weighted by molar-refractivity contribution is 7.22. The van der Waals surface area contributed by atoms with Crippen LogP contribution in [-0.2, 0) is 0 Å². The second kappa shape index (κ2) is 12.5. The SMILES string of the molecule is C1=CCC(c2nc(-c3cccc4oc5ccc(-c6nc7ccccc7s6)cc5c34)nc(C3C=CC=C4Oc5ccc(-c6nc7ccccc7s6)cc5C43)n2)C=C1. The van der Waals surface area contributed by atoms with Crippen molar-refractivity contribution in [2.75, 3.05) is 0 Å². The highest BCUT2D eigenvalue weighted by Gasteiger charge is 2.39. The summed E-state index contributed by atoms with van der Waals surface area (Å²) in [4.78, 5) is 25.8. The minimum absolute atomic E-state index is 0.0202. The molecular formula is C47H29N5O2S2. The normalized spacial score (nSPS) is 18.5. The van der Waals surface area contributed by atoms with Crippen molar-refractivity contribution in [2.24, 2.45) is 0 Å². The van der Waals surface area contributed by atoms with E-state index in [1.807, 2.05) is 30.3 Å². The maximum Gasteiger partial charge on any atom is 0.164 e. The van der Waals surface area contributed by atoms with E-state index in [1.54, 1.807) is 22.7 Å². The van der Waals surface area contributed by atoms with Crippen molar-refractivity contribution in [3.63, 3.8) is 0 Å². The summed E-state index contributed by atoms with van der Waals surface area (Å²) >= 11 is 3.40. The number of para-hydroxylation sites is 2. The molecule has 0 N–H and O–H groups in total. The Balaban J connectivity index is 1.01. The average Bonchev–Trinajstić information content (AvgIpc) is 4.05. The summed E-state index contributed by atoms with van der Waals surface area (Å²) in [6, 6.07) is 35.4. The van der Waals surface area contributed by atoms with Crippen LogP contribution in [0.3, 0.4) is 0 Å². The largest absolute Gasteiger partial charge is 0.461 e. The second-order valence-corrected chi connectivity index (χ2v) is 16.4. The third-order valence-electron chi connectivity index (χ3n) is 10.9. The molecule has 0 saturated carbocycles. The lowest BCUT2D eigenvalue weighted by atomic mass is 9.81.